The van der Waals surface area contributed by atoms with E-state index in [1.54, 1.807) is 18.2 Å². The van der Waals surface area contributed by atoms with Crippen LogP contribution in [-0.4, -0.2) is 39.1 Å². The molecule has 9 nitrogen and oxygen atoms in total. The van der Waals surface area contributed by atoms with Crippen molar-refractivity contribution in [2.24, 2.45) is 13.0 Å². The largest absolute Gasteiger partial charge is 0.454 e. The Kier molecular flexibility index (Phi) is 7.00. The second-order valence-corrected chi connectivity index (χ2v) is 9.97. The maximum Gasteiger partial charge on any atom is 0.252 e. The third-order valence-electron chi connectivity index (χ3n) is 6.13. The fourth-order valence-electron chi connectivity index (χ4n) is 4.17. The number of hydrogen-bond acceptors (Lipinski definition) is 7. The summed E-state index contributed by atoms with van der Waals surface area (Å²) in [5.41, 5.74) is 1.24. The molecule has 190 valence electrons. The summed E-state index contributed by atoms with van der Waals surface area (Å²) < 4.78 is 12.5. The van der Waals surface area contributed by atoms with Gasteiger partial charge in [-0.05, 0) is 35.6 Å². The normalized spacial score (nSPS) is 13.1. The van der Waals surface area contributed by atoms with Crippen molar-refractivity contribution in [3.63, 3.8) is 0 Å². The van der Waals surface area contributed by atoms with Gasteiger partial charge in [0.1, 0.15) is 0 Å². The SMILES string of the molecule is CC(C)C(NC(=O)c1ccc2c(c1)OCO2)c1nnc(SCC(=O)Nc2cccc3ccccc23)n1C. The number of hydrogen-bond donors (Lipinski definition) is 2. The van der Waals surface area contributed by atoms with Crippen molar-refractivity contribution in [2.45, 2.75) is 25.0 Å². The fraction of sp³-hybridized carbons (Fsp3) is 0.259. The van der Waals surface area contributed by atoms with E-state index in [0.29, 0.717) is 28.0 Å². The van der Waals surface area contributed by atoms with Gasteiger partial charge in [0.2, 0.25) is 12.7 Å². The van der Waals surface area contributed by atoms with Gasteiger partial charge in [0.05, 0.1) is 11.8 Å². The topological polar surface area (TPSA) is 107 Å². The Labute approximate surface area is 218 Å². The zero-order chi connectivity index (χ0) is 25.9. The molecular weight excluding hydrogens is 490 g/mol. The minimum absolute atomic E-state index is 0.0494. The number of aromatic nitrogens is 3. The van der Waals surface area contributed by atoms with Crippen LogP contribution in [0.3, 0.4) is 0 Å². The zero-order valence-electron chi connectivity index (χ0n) is 20.7. The van der Waals surface area contributed by atoms with Crippen LogP contribution in [0.4, 0.5) is 5.69 Å². The molecule has 2 amide bonds. The van der Waals surface area contributed by atoms with E-state index in [2.05, 4.69) is 20.8 Å². The molecule has 1 atom stereocenters. The monoisotopic (exact) mass is 517 g/mol. The van der Waals surface area contributed by atoms with Crippen LogP contribution in [0.1, 0.15) is 36.1 Å². The number of anilines is 1. The molecule has 0 saturated carbocycles. The van der Waals surface area contributed by atoms with Gasteiger partial charge in [0, 0.05) is 23.7 Å². The van der Waals surface area contributed by atoms with Crippen LogP contribution in [0.15, 0.2) is 65.8 Å². The number of fused-ring (bicyclic) bond motifs is 2. The lowest BCUT2D eigenvalue weighted by Gasteiger charge is -2.21. The molecule has 10 heteroatoms. The Bertz CT molecular complexity index is 1460. The maximum atomic E-state index is 13.0. The summed E-state index contributed by atoms with van der Waals surface area (Å²) in [7, 11) is 1.84. The predicted molar refractivity (Wildman–Crippen MR) is 142 cm³/mol. The second-order valence-electron chi connectivity index (χ2n) is 9.03. The van der Waals surface area contributed by atoms with Crippen molar-refractivity contribution >= 4 is 40.0 Å². The van der Waals surface area contributed by atoms with Gasteiger partial charge in [0.15, 0.2) is 22.5 Å². The first-order chi connectivity index (χ1) is 17.9. The highest BCUT2D eigenvalue weighted by Gasteiger charge is 2.26. The van der Waals surface area contributed by atoms with Crippen molar-refractivity contribution < 1.29 is 19.1 Å². The molecule has 0 aliphatic carbocycles. The smallest absolute Gasteiger partial charge is 0.252 e. The first-order valence-electron chi connectivity index (χ1n) is 11.9. The molecule has 0 radical (unpaired) electrons. The molecule has 37 heavy (non-hydrogen) atoms. The third-order valence-corrected chi connectivity index (χ3v) is 7.15. The molecule has 1 aliphatic heterocycles. The molecule has 1 aromatic heterocycles. The van der Waals surface area contributed by atoms with Gasteiger partial charge in [-0.25, -0.2) is 0 Å². The summed E-state index contributed by atoms with van der Waals surface area (Å²) in [6.45, 7) is 4.15. The molecule has 1 aliphatic rings. The van der Waals surface area contributed by atoms with Crippen LogP contribution in [0.25, 0.3) is 10.8 Å². The standard InChI is InChI=1S/C27H27N5O4S/c1-16(2)24(29-26(34)18-11-12-21-22(13-18)36-15-35-21)25-30-31-27(32(25)3)37-14-23(33)28-20-10-6-8-17-7-4-5-9-19(17)20/h4-13,16,24H,14-15H2,1-3H3,(H,28,33)(H,29,34). The van der Waals surface area contributed by atoms with Gasteiger partial charge in [-0.15, -0.1) is 10.2 Å². The Balaban J connectivity index is 1.25. The van der Waals surface area contributed by atoms with E-state index in [1.807, 2.05) is 67.9 Å². The Morgan fingerprint density at radius 1 is 1.03 bits per heavy atom. The first-order valence-corrected chi connectivity index (χ1v) is 12.9. The highest BCUT2D eigenvalue weighted by Crippen LogP contribution is 2.33. The van der Waals surface area contributed by atoms with Crippen molar-refractivity contribution in [2.75, 3.05) is 17.9 Å². The Morgan fingerprint density at radius 2 is 1.81 bits per heavy atom. The van der Waals surface area contributed by atoms with Gasteiger partial charge < -0.3 is 24.7 Å². The molecule has 1 unspecified atom stereocenters. The summed E-state index contributed by atoms with van der Waals surface area (Å²) in [6.07, 6.45) is 0. The van der Waals surface area contributed by atoms with Gasteiger partial charge in [0.25, 0.3) is 5.91 Å². The van der Waals surface area contributed by atoms with Crippen molar-refractivity contribution in [3.8, 4) is 11.5 Å². The highest BCUT2D eigenvalue weighted by molar-refractivity contribution is 7.99. The van der Waals surface area contributed by atoms with E-state index in [-0.39, 0.29) is 36.3 Å². The van der Waals surface area contributed by atoms with Gasteiger partial charge in [-0.2, -0.15) is 0 Å². The Hall–Kier alpha value is -4.05. The molecule has 0 fully saturated rings. The quantitative estimate of drug-likeness (QED) is 0.330. The number of amides is 2. The molecule has 0 spiro atoms. The molecule has 0 saturated heterocycles. The van der Waals surface area contributed by atoms with Gasteiger partial charge in [-0.3, -0.25) is 9.59 Å². The average molecular weight is 518 g/mol. The number of nitrogens with one attached hydrogen (secondary N) is 2. The molecule has 3 aromatic carbocycles. The molecule has 0 bridgehead atoms. The molecule has 2 heterocycles. The number of ether oxygens (including phenoxy) is 2. The van der Waals surface area contributed by atoms with Crippen LogP contribution < -0.4 is 20.1 Å². The lowest BCUT2D eigenvalue weighted by Crippen LogP contribution is -2.33. The van der Waals surface area contributed by atoms with E-state index in [4.69, 9.17) is 9.47 Å². The van der Waals surface area contributed by atoms with Crippen LogP contribution in [-0.2, 0) is 11.8 Å². The number of carbonyl (C=O) groups is 2. The first kappa shape index (κ1) is 24.6. The van der Waals surface area contributed by atoms with Crippen molar-refractivity contribution in [3.05, 3.63) is 72.1 Å². The van der Waals surface area contributed by atoms with Crippen LogP contribution in [0, 0.1) is 5.92 Å². The summed E-state index contributed by atoms with van der Waals surface area (Å²) in [6, 6.07) is 18.4. The highest BCUT2D eigenvalue weighted by atomic mass is 32.2. The summed E-state index contributed by atoms with van der Waals surface area (Å²) >= 11 is 1.29. The third kappa shape index (κ3) is 5.24. The van der Waals surface area contributed by atoms with Crippen LogP contribution in [0.2, 0.25) is 0 Å². The Morgan fingerprint density at radius 3 is 2.65 bits per heavy atom. The van der Waals surface area contributed by atoms with Crippen molar-refractivity contribution in [1.82, 2.24) is 20.1 Å². The fourth-order valence-corrected chi connectivity index (χ4v) is 4.88. The van der Waals surface area contributed by atoms with E-state index in [1.165, 1.54) is 11.8 Å². The molecule has 5 rings (SSSR count). The number of rotatable bonds is 8. The van der Waals surface area contributed by atoms with Crippen LogP contribution in [0.5, 0.6) is 11.5 Å². The minimum atomic E-state index is -0.380. The summed E-state index contributed by atoms with van der Waals surface area (Å²) in [5.74, 6) is 1.62. The number of nitrogens with zero attached hydrogens (tertiary/aromatic N) is 3. The average Bonchev–Trinajstić information content (AvgIpc) is 3.51. The van der Waals surface area contributed by atoms with E-state index >= 15 is 0 Å². The number of thioether (sulfide) groups is 1. The minimum Gasteiger partial charge on any atom is -0.454 e. The number of carbonyl (C=O) groups excluding carboxylic acids is 2. The molecule has 2 N–H and O–H groups in total. The zero-order valence-corrected chi connectivity index (χ0v) is 21.5. The number of benzene rings is 3. The van der Waals surface area contributed by atoms with E-state index in [9.17, 15) is 9.59 Å². The van der Waals surface area contributed by atoms with Crippen LogP contribution >= 0.6 is 11.8 Å². The second kappa shape index (κ2) is 10.5. The van der Waals surface area contributed by atoms with E-state index in [0.717, 1.165) is 16.5 Å². The van der Waals surface area contributed by atoms with Crippen molar-refractivity contribution in [1.29, 1.82) is 0 Å². The van der Waals surface area contributed by atoms with Gasteiger partial charge in [-0.1, -0.05) is 62.0 Å². The maximum absolute atomic E-state index is 13.0. The lowest BCUT2D eigenvalue weighted by atomic mass is 10.0. The molecular formula is C27H27N5O4S. The summed E-state index contributed by atoms with van der Waals surface area (Å²) in [4.78, 5) is 25.7. The lowest BCUT2D eigenvalue weighted by molar-refractivity contribution is -0.113. The summed E-state index contributed by atoms with van der Waals surface area (Å²) in [5, 5.41) is 17.3. The van der Waals surface area contributed by atoms with E-state index < -0.39 is 0 Å². The predicted octanol–water partition coefficient (Wildman–Crippen LogP) is 4.55. The van der Waals surface area contributed by atoms with Gasteiger partial charge >= 0.3 is 0 Å². The molecule has 4 aromatic rings.